The van der Waals surface area contributed by atoms with Crippen molar-refractivity contribution >= 4 is 0 Å². The van der Waals surface area contributed by atoms with Gasteiger partial charge in [0.2, 0.25) is 0 Å². The van der Waals surface area contributed by atoms with Gasteiger partial charge in [-0.15, -0.1) is 0 Å². The Morgan fingerprint density at radius 1 is 1.25 bits per heavy atom. The Hall–Kier alpha value is -1.24. The number of rotatable bonds is 5. The highest BCUT2D eigenvalue weighted by molar-refractivity contribution is 5.38. The number of hydrogen-bond donors (Lipinski definition) is 1. The van der Waals surface area contributed by atoms with Crippen molar-refractivity contribution in [3.8, 4) is 0 Å². The van der Waals surface area contributed by atoms with Crippen LogP contribution in [0.3, 0.4) is 0 Å². The summed E-state index contributed by atoms with van der Waals surface area (Å²) in [5.41, 5.74) is 7.01. The molecule has 0 aliphatic heterocycles. The zero-order valence-corrected chi connectivity index (χ0v) is 18.9. The lowest BCUT2D eigenvalue weighted by Gasteiger charge is -2.55. The van der Waals surface area contributed by atoms with Crippen LogP contribution in [0.25, 0.3) is 0 Å². The van der Waals surface area contributed by atoms with Gasteiger partial charge < -0.3 is 5.32 Å². The molecule has 1 heteroatoms. The monoisotopic (exact) mass is 379 g/mol. The molecule has 3 aliphatic rings. The van der Waals surface area contributed by atoms with Crippen LogP contribution in [0, 0.1) is 35.5 Å². The maximum atomic E-state index is 4.22. The molecule has 1 aromatic rings. The van der Waals surface area contributed by atoms with Crippen molar-refractivity contribution in [3.63, 3.8) is 0 Å². The lowest BCUT2D eigenvalue weighted by Crippen LogP contribution is -2.47. The minimum atomic E-state index is 0.502. The maximum Gasteiger partial charge on any atom is 0.00311 e. The van der Waals surface area contributed by atoms with Crippen molar-refractivity contribution < 1.29 is 0 Å². The normalized spacial score (nSPS) is 39.0. The lowest BCUT2D eigenvalue weighted by molar-refractivity contribution is -0.0289. The molecule has 0 aromatic heterocycles. The van der Waals surface area contributed by atoms with Gasteiger partial charge in [-0.2, -0.15) is 0 Å². The molecule has 3 aliphatic carbocycles. The summed E-state index contributed by atoms with van der Waals surface area (Å²) in [6, 6.07) is 7.31. The molecule has 4 rings (SSSR count). The Labute approximate surface area is 173 Å². The molecule has 0 radical (unpaired) electrons. The number of nitrogens with one attached hydrogen (secondary N) is 1. The molecule has 0 bridgehead atoms. The van der Waals surface area contributed by atoms with Crippen LogP contribution in [0.2, 0.25) is 0 Å². The highest BCUT2D eigenvalue weighted by Crippen LogP contribution is 2.70. The lowest BCUT2D eigenvalue weighted by atomic mass is 9.50. The van der Waals surface area contributed by atoms with Gasteiger partial charge in [-0.25, -0.2) is 0 Å². The highest BCUT2D eigenvalue weighted by atomic mass is 14.8. The molecule has 0 saturated heterocycles. The molecule has 1 nitrogen and oxygen atoms in total. The first-order valence-electron chi connectivity index (χ1n) is 11.8. The van der Waals surface area contributed by atoms with Gasteiger partial charge in [0.1, 0.15) is 0 Å². The number of hydrogen-bond acceptors (Lipinski definition) is 1. The molecule has 0 heterocycles. The van der Waals surface area contributed by atoms with Gasteiger partial charge >= 0.3 is 0 Å². The minimum Gasteiger partial charge on any atom is -0.392 e. The Balaban J connectivity index is 1.68. The quantitative estimate of drug-likeness (QED) is 0.580. The molecular weight excluding hydrogens is 338 g/mol. The molecular formula is C27H41N. The minimum absolute atomic E-state index is 0.502. The van der Waals surface area contributed by atoms with Crippen molar-refractivity contribution in [1.29, 1.82) is 0 Å². The van der Waals surface area contributed by atoms with Gasteiger partial charge in [0, 0.05) is 12.7 Å². The molecule has 0 spiro atoms. The molecule has 1 N–H and O–H groups in total. The highest BCUT2D eigenvalue weighted by Gasteiger charge is 2.62. The van der Waals surface area contributed by atoms with Crippen LogP contribution in [-0.4, -0.2) is 7.05 Å². The molecule has 6 unspecified atom stereocenters. The first kappa shape index (κ1) is 20.0. The molecule has 28 heavy (non-hydrogen) atoms. The summed E-state index contributed by atoms with van der Waals surface area (Å²) < 4.78 is 0. The van der Waals surface area contributed by atoms with E-state index in [1.165, 1.54) is 56.2 Å². The SMILES string of the molecule is C=C(CCC1CC(C)(CC)C2(C)CCC3c4ccc(C)cc4CCC3C12)NC. The molecule has 2 saturated carbocycles. The van der Waals surface area contributed by atoms with E-state index in [2.05, 4.69) is 57.8 Å². The summed E-state index contributed by atoms with van der Waals surface area (Å²) in [6.07, 6.45) is 10.7. The molecule has 154 valence electrons. The summed E-state index contributed by atoms with van der Waals surface area (Å²) >= 11 is 0. The summed E-state index contributed by atoms with van der Waals surface area (Å²) in [7, 11) is 2.02. The smallest absolute Gasteiger partial charge is 0.00311 e. The Bertz CT molecular complexity index is 749. The third kappa shape index (κ3) is 2.96. The van der Waals surface area contributed by atoms with Crippen molar-refractivity contribution in [1.82, 2.24) is 5.32 Å². The largest absolute Gasteiger partial charge is 0.392 e. The van der Waals surface area contributed by atoms with Gasteiger partial charge in [-0.1, -0.05) is 57.5 Å². The number of aryl methyl sites for hydroxylation is 2. The van der Waals surface area contributed by atoms with Crippen LogP contribution in [-0.2, 0) is 6.42 Å². The van der Waals surface area contributed by atoms with E-state index >= 15 is 0 Å². The summed E-state index contributed by atoms with van der Waals surface area (Å²) in [6.45, 7) is 14.2. The zero-order valence-electron chi connectivity index (χ0n) is 18.9. The van der Waals surface area contributed by atoms with E-state index in [4.69, 9.17) is 0 Å². The predicted octanol–water partition coefficient (Wildman–Crippen LogP) is 7.01. The fraction of sp³-hybridized carbons (Fsp3) is 0.704. The summed E-state index contributed by atoms with van der Waals surface area (Å²) in [5, 5.41) is 3.29. The topological polar surface area (TPSA) is 12.0 Å². The third-order valence-electron chi connectivity index (χ3n) is 9.68. The van der Waals surface area contributed by atoms with Gasteiger partial charge in [0.05, 0.1) is 0 Å². The van der Waals surface area contributed by atoms with Crippen LogP contribution < -0.4 is 5.32 Å². The van der Waals surface area contributed by atoms with Crippen molar-refractivity contribution in [3.05, 3.63) is 47.2 Å². The van der Waals surface area contributed by atoms with E-state index in [9.17, 15) is 0 Å². The van der Waals surface area contributed by atoms with E-state index in [1.54, 1.807) is 11.1 Å². The van der Waals surface area contributed by atoms with Crippen LogP contribution in [0.4, 0.5) is 0 Å². The molecule has 6 atom stereocenters. The number of benzene rings is 1. The van der Waals surface area contributed by atoms with Crippen molar-refractivity contribution in [2.24, 2.45) is 28.6 Å². The second kappa shape index (κ2) is 7.22. The maximum absolute atomic E-state index is 4.22. The van der Waals surface area contributed by atoms with Crippen LogP contribution in [0.15, 0.2) is 30.5 Å². The third-order valence-corrected chi connectivity index (χ3v) is 9.68. The average molecular weight is 380 g/mol. The number of fused-ring (bicyclic) bond motifs is 5. The van der Waals surface area contributed by atoms with Gasteiger partial charge in [-0.05, 0) is 97.5 Å². The fourth-order valence-corrected chi connectivity index (χ4v) is 7.79. The van der Waals surface area contributed by atoms with Crippen LogP contribution in [0.5, 0.6) is 0 Å². The molecule has 1 aromatic carbocycles. The summed E-state index contributed by atoms with van der Waals surface area (Å²) in [4.78, 5) is 0. The Morgan fingerprint density at radius 3 is 2.75 bits per heavy atom. The van der Waals surface area contributed by atoms with Gasteiger partial charge in [-0.3, -0.25) is 0 Å². The standard InChI is InChI=1S/C27H41N/c1-7-26(4)17-21(10-9-19(3)28-6)25-24-13-11-20-16-18(2)8-12-22(20)23(24)14-15-27(25,26)5/h8,12,16,21,23-25,28H,3,7,9-11,13-15,17H2,1-2,4-6H3. The fourth-order valence-electron chi connectivity index (χ4n) is 7.79. The van der Waals surface area contributed by atoms with Gasteiger partial charge in [0.15, 0.2) is 0 Å². The first-order chi connectivity index (χ1) is 13.3. The van der Waals surface area contributed by atoms with Crippen molar-refractivity contribution in [2.45, 2.75) is 85.0 Å². The molecule has 2 fully saturated rings. The predicted molar refractivity (Wildman–Crippen MR) is 121 cm³/mol. The zero-order chi connectivity index (χ0) is 20.1. The van der Waals surface area contributed by atoms with E-state index in [-0.39, 0.29) is 0 Å². The van der Waals surface area contributed by atoms with Gasteiger partial charge in [0.25, 0.3) is 0 Å². The van der Waals surface area contributed by atoms with E-state index in [0.717, 1.165) is 30.1 Å². The number of allylic oxidation sites excluding steroid dienone is 1. The van der Waals surface area contributed by atoms with Crippen molar-refractivity contribution in [2.75, 3.05) is 7.05 Å². The van der Waals surface area contributed by atoms with Crippen LogP contribution in [0.1, 0.15) is 88.3 Å². The second-order valence-corrected chi connectivity index (χ2v) is 10.8. The summed E-state index contributed by atoms with van der Waals surface area (Å²) in [5.74, 6) is 3.43. The first-order valence-corrected chi connectivity index (χ1v) is 11.8. The Kier molecular flexibility index (Phi) is 5.17. The average Bonchev–Trinajstić information content (AvgIpc) is 2.93. The van der Waals surface area contributed by atoms with E-state index in [1.807, 2.05) is 7.05 Å². The van der Waals surface area contributed by atoms with E-state index < -0.39 is 0 Å². The Morgan fingerprint density at radius 2 is 2.04 bits per heavy atom. The van der Waals surface area contributed by atoms with Crippen LogP contribution >= 0.6 is 0 Å². The molecule has 0 amide bonds. The van der Waals surface area contributed by atoms with E-state index in [0.29, 0.717) is 10.8 Å². The second-order valence-electron chi connectivity index (χ2n) is 10.8.